The maximum absolute atomic E-state index is 12.9. The average Bonchev–Trinajstić information content (AvgIpc) is 2.67. The molecule has 0 unspecified atom stereocenters. The molecule has 2 amide bonds. The van der Waals surface area contributed by atoms with Gasteiger partial charge in [0.25, 0.3) is 11.8 Å². The number of phenolic OH excluding ortho intramolecular Hbond substituents is 1. The van der Waals surface area contributed by atoms with E-state index in [2.05, 4.69) is 0 Å². The molecule has 0 spiro atoms. The summed E-state index contributed by atoms with van der Waals surface area (Å²) in [4.78, 5) is 37.3. The Morgan fingerprint density at radius 1 is 1.14 bits per heavy atom. The normalized spacial score (nSPS) is 14.9. The molecule has 3 rings (SSSR count). The number of phenols is 1. The first-order valence-corrected chi connectivity index (χ1v) is 8.75. The minimum atomic E-state index is -1.34. The number of ether oxygens (including phenoxy) is 1. The van der Waals surface area contributed by atoms with E-state index in [9.17, 15) is 24.6 Å². The van der Waals surface area contributed by atoms with Gasteiger partial charge in [0.2, 0.25) is 0 Å². The number of imide groups is 1. The number of hydrogen-bond donors (Lipinski definition) is 1. The van der Waals surface area contributed by atoms with Crippen molar-refractivity contribution in [3.05, 3.63) is 59.2 Å². The number of carbonyl (C=O) groups is 3. The second-order valence-corrected chi connectivity index (χ2v) is 6.15. The Labute approximate surface area is 161 Å². The molecule has 0 radical (unpaired) electrons. The van der Waals surface area contributed by atoms with E-state index in [1.54, 1.807) is 49.4 Å². The van der Waals surface area contributed by atoms with Crippen molar-refractivity contribution in [3.8, 4) is 11.5 Å². The Hall–Kier alpha value is -3.61. The van der Waals surface area contributed by atoms with Crippen LogP contribution in [0.1, 0.15) is 34.8 Å². The van der Waals surface area contributed by atoms with E-state index in [0.717, 1.165) is 4.90 Å². The molecule has 1 heterocycles. The number of hydrogen-bond acceptors (Lipinski definition) is 6. The molecule has 144 valence electrons. The van der Waals surface area contributed by atoms with Crippen molar-refractivity contribution >= 4 is 29.4 Å². The molecule has 0 saturated carbocycles. The van der Waals surface area contributed by atoms with Gasteiger partial charge < -0.3 is 19.7 Å². The van der Waals surface area contributed by atoms with E-state index in [4.69, 9.17) is 4.74 Å². The molecule has 7 heteroatoms. The lowest BCUT2D eigenvalue weighted by Crippen LogP contribution is -2.43. The summed E-state index contributed by atoms with van der Waals surface area (Å²) < 4.78 is 5.36. The largest absolute Gasteiger partial charge is 0.550 e. The van der Waals surface area contributed by atoms with Crippen molar-refractivity contribution in [1.29, 1.82) is 0 Å². The second kappa shape index (κ2) is 7.96. The van der Waals surface area contributed by atoms with Crippen LogP contribution in [-0.2, 0) is 9.59 Å². The lowest BCUT2D eigenvalue weighted by Gasteiger charge is -2.28. The zero-order chi connectivity index (χ0) is 20.3. The van der Waals surface area contributed by atoms with Gasteiger partial charge in [-0.3, -0.25) is 14.5 Å². The Kier molecular flexibility index (Phi) is 5.44. The average molecular weight is 380 g/mol. The maximum Gasteiger partial charge on any atom is 0.261 e. The van der Waals surface area contributed by atoms with Crippen molar-refractivity contribution in [2.45, 2.75) is 13.3 Å². The van der Waals surface area contributed by atoms with Crippen molar-refractivity contribution in [2.24, 2.45) is 0 Å². The van der Waals surface area contributed by atoms with Crippen LogP contribution in [0.5, 0.6) is 11.5 Å². The Balaban J connectivity index is 2.07. The molecular weight excluding hydrogens is 362 g/mol. The van der Waals surface area contributed by atoms with Gasteiger partial charge in [0, 0.05) is 30.1 Å². The summed E-state index contributed by atoms with van der Waals surface area (Å²) in [5.74, 6) is -2.22. The monoisotopic (exact) mass is 380 g/mol. The highest BCUT2D eigenvalue weighted by Gasteiger charge is 2.34. The number of carboxylic acids is 1. The third-order valence-corrected chi connectivity index (χ3v) is 4.30. The fourth-order valence-electron chi connectivity index (χ4n) is 3.01. The van der Waals surface area contributed by atoms with Gasteiger partial charge in [-0.15, -0.1) is 0 Å². The van der Waals surface area contributed by atoms with Crippen LogP contribution in [0.25, 0.3) is 11.6 Å². The lowest BCUT2D eigenvalue weighted by molar-refractivity contribution is -0.305. The molecule has 1 aliphatic heterocycles. The van der Waals surface area contributed by atoms with Gasteiger partial charge in [0.05, 0.1) is 6.61 Å². The van der Waals surface area contributed by atoms with E-state index < -0.39 is 24.2 Å². The number of aromatic hydroxyl groups is 1. The summed E-state index contributed by atoms with van der Waals surface area (Å²) in [5.41, 5.74) is 1.62. The minimum Gasteiger partial charge on any atom is -0.550 e. The SMILES string of the molecule is CCOc1cc(/C=C2\C(=O)N(CCC(=O)[O-])C(=O)c3ccccc32)ccc1O. The first kappa shape index (κ1) is 19.2. The molecule has 1 aliphatic rings. The molecule has 2 aromatic carbocycles. The first-order valence-electron chi connectivity index (χ1n) is 8.75. The molecular formula is C21H18NO6-. The van der Waals surface area contributed by atoms with Gasteiger partial charge in [-0.25, -0.2) is 0 Å². The summed E-state index contributed by atoms with van der Waals surface area (Å²) in [6.45, 7) is 1.87. The second-order valence-electron chi connectivity index (χ2n) is 6.15. The summed E-state index contributed by atoms with van der Waals surface area (Å²) in [6.07, 6.45) is 1.14. The highest BCUT2D eigenvalue weighted by molar-refractivity contribution is 6.33. The highest BCUT2D eigenvalue weighted by Crippen LogP contribution is 2.33. The number of amides is 2. The Bertz CT molecular complexity index is 979. The van der Waals surface area contributed by atoms with Gasteiger partial charge in [0.15, 0.2) is 11.5 Å². The van der Waals surface area contributed by atoms with E-state index in [1.807, 2.05) is 0 Å². The van der Waals surface area contributed by atoms with Gasteiger partial charge in [0.1, 0.15) is 0 Å². The number of benzene rings is 2. The summed E-state index contributed by atoms with van der Waals surface area (Å²) in [6, 6.07) is 11.3. The standard InChI is InChI=1S/C21H19NO6/c1-2-28-18-12-13(7-8-17(18)23)11-16-14-5-3-4-6-15(14)20(26)22(21(16)27)10-9-19(24)25/h3-8,11-12,23H,2,9-10H2,1H3,(H,24,25)/p-1/b16-11-. The molecule has 7 nitrogen and oxygen atoms in total. The van der Waals surface area contributed by atoms with Gasteiger partial charge in [-0.2, -0.15) is 0 Å². The van der Waals surface area contributed by atoms with Gasteiger partial charge >= 0.3 is 0 Å². The molecule has 0 atom stereocenters. The summed E-state index contributed by atoms with van der Waals surface area (Å²) in [5, 5.41) is 20.6. The zero-order valence-corrected chi connectivity index (χ0v) is 15.2. The van der Waals surface area contributed by atoms with Crippen LogP contribution in [0.15, 0.2) is 42.5 Å². The highest BCUT2D eigenvalue weighted by atomic mass is 16.5. The number of aliphatic carboxylic acids is 1. The quantitative estimate of drug-likeness (QED) is 0.600. The Morgan fingerprint density at radius 3 is 2.54 bits per heavy atom. The third-order valence-electron chi connectivity index (χ3n) is 4.30. The van der Waals surface area contributed by atoms with Crippen molar-refractivity contribution in [1.82, 2.24) is 4.90 Å². The molecule has 0 saturated heterocycles. The van der Waals surface area contributed by atoms with Crippen LogP contribution >= 0.6 is 0 Å². The molecule has 1 N–H and O–H groups in total. The first-order chi connectivity index (χ1) is 13.4. The fraction of sp³-hybridized carbons (Fsp3) is 0.190. The zero-order valence-electron chi connectivity index (χ0n) is 15.2. The maximum atomic E-state index is 12.9. The summed E-state index contributed by atoms with van der Waals surface area (Å²) >= 11 is 0. The number of carboxylic acid groups (broad SMARTS) is 1. The van der Waals surface area contributed by atoms with E-state index in [0.29, 0.717) is 23.3 Å². The van der Waals surface area contributed by atoms with Gasteiger partial charge in [-0.05, 0) is 42.3 Å². The smallest absolute Gasteiger partial charge is 0.261 e. The van der Waals surface area contributed by atoms with E-state index in [1.165, 1.54) is 6.07 Å². The predicted octanol–water partition coefficient (Wildman–Crippen LogP) is 1.45. The molecule has 0 aliphatic carbocycles. The summed E-state index contributed by atoms with van der Waals surface area (Å²) in [7, 11) is 0. The topological polar surface area (TPSA) is 107 Å². The van der Waals surface area contributed by atoms with Gasteiger partial charge in [-0.1, -0.05) is 24.3 Å². The number of nitrogens with zero attached hydrogens (tertiary/aromatic N) is 1. The van der Waals surface area contributed by atoms with Crippen LogP contribution in [0.3, 0.4) is 0 Å². The van der Waals surface area contributed by atoms with E-state index in [-0.39, 0.29) is 23.6 Å². The number of carbonyl (C=O) groups excluding carboxylic acids is 3. The van der Waals surface area contributed by atoms with Crippen molar-refractivity contribution < 1.29 is 29.3 Å². The van der Waals surface area contributed by atoms with Crippen molar-refractivity contribution in [3.63, 3.8) is 0 Å². The molecule has 0 aromatic heterocycles. The lowest BCUT2D eigenvalue weighted by atomic mass is 9.92. The van der Waals surface area contributed by atoms with Crippen LogP contribution in [0, 0.1) is 0 Å². The third kappa shape index (κ3) is 3.73. The minimum absolute atomic E-state index is 0.0230. The van der Waals surface area contributed by atoms with Crippen LogP contribution < -0.4 is 9.84 Å². The van der Waals surface area contributed by atoms with Crippen LogP contribution in [0.4, 0.5) is 0 Å². The van der Waals surface area contributed by atoms with E-state index >= 15 is 0 Å². The molecule has 2 aromatic rings. The molecule has 0 bridgehead atoms. The molecule has 28 heavy (non-hydrogen) atoms. The van der Waals surface area contributed by atoms with Crippen LogP contribution in [-0.4, -0.2) is 40.9 Å². The number of fused-ring (bicyclic) bond motifs is 1. The predicted molar refractivity (Wildman–Crippen MR) is 99.3 cm³/mol. The molecule has 0 fully saturated rings. The van der Waals surface area contributed by atoms with Crippen LogP contribution in [0.2, 0.25) is 0 Å². The van der Waals surface area contributed by atoms with Crippen molar-refractivity contribution in [2.75, 3.05) is 13.2 Å². The number of rotatable bonds is 6. The fourth-order valence-corrected chi connectivity index (χ4v) is 3.01. The Morgan fingerprint density at radius 2 is 1.86 bits per heavy atom.